The molecular formula is C21H17N7O. The largest absolute Gasteiger partial charge is 0.323 e. The van der Waals surface area contributed by atoms with Crippen LogP contribution in [0.15, 0.2) is 77.9 Å². The van der Waals surface area contributed by atoms with Crippen molar-refractivity contribution in [1.29, 1.82) is 0 Å². The lowest BCUT2D eigenvalue weighted by molar-refractivity contribution is 0.847. The average Bonchev–Trinajstić information content (AvgIpc) is 3.34. The molecule has 0 radical (unpaired) electrons. The van der Waals surface area contributed by atoms with Gasteiger partial charge in [0.15, 0.2) is 5.65 Å². The van der Waals surface area contributed by atoms with Gasteiger partial charge in [-0.3, -0.25) is 9.78 Å². The lowest BCUT2D eigenvalue weighted by Crippen LogP contribution is -2.12. The summed E-state index contributed by atoms with van der Waals surface area (Å²) < 4.78 is 3.48. The number of hydrogen-bond donors (Lipinski definition) is 2. The highest BCUT2D eigenvalue weighted by molar-refractivity contribution is 5.77. The number of hydrogen-bond acceptors (Lipinski definition) is 5. The van der Waals surface area contributed by atoms with Crippen LogP contribution < -0.4 is 10.9 Å². The van der Waals surface area contributed by atoms with Gasteiger partial charge in [0.25, 0.3) is 5.56 Å². The van der Waals surface area contributed by atoms with Crippen LogP contribution >= 0.6 is 0 Å². The molecule has 2 N–H and O–H groups in total. The van der Waals surface area contributed by atoms with Crippen molar-refractivity contribution in [2.75, 3.05) is 5.32 Å². The van der Waals surface area contributed by atoms with Crippen LogP contribution in [0.3, 0.4) is 0 Å². The van der Waals surface area contributed by atoms with E-state index in [-0.39, 0.29) is 5.56 Å². The maximum atomic E-state index is 12.5. The highest BCUT2D eigenvalue weighted by atomic mass is 16.1. The molecule has 29 heavy (non-hydrogen) atoms. The summed E-state index contributed by atoms with van der Waals surface area (Å²) in [6.45, 7) is 1.95. The van der Waals surface area contributed by atoms with Crippen molar-refractivity contribution >= 4 is 22.7 Å². The third-order valence-corrected chi connectivity index (χ3v) is 4.70. The Hall–Kier alpha value is -4.20. The molecule has 5 aromatic rings. The van der Waals surface area contributed by atoms with Gasteiger partial charge in [0.05, 0.1) is 35.1 Å². The number of benzene rings is 2. The van der Waals surface area contributed by atoms with Gasteiger partial charge >= 0.3 is 0 Å². The van der Waals surface area contributed by atoms with E-state index in [0.29, 0.717) is 17.0 Å². The van der Waals surface area contributed by atoms with Crippen molar-refractivity contribution in [3.8, 4) is 11.4 Å². The average molecular weight is 383 g/mol. The monoisotopic (exact) mass is 383 g/mol. The van der Waals surface area contributed by atoms with Gasteiger partial charge in [0.2, 0.25) is 5.95 Å². The summed E-state index contributed by atoms with van der Waals surface area (Å²) in [5.74, 6) is 0.330. The van der Waals surface area contributed by atoms with Crippen LogP contribution in [0, 0.1) is 6.92 Å². The number of fused-ring (bicyclic) bond motifs is 1. The van der Waals surface area contributed by atoms with Gasteiger partial charge in [0.1, 0.15) is 5.39 Å². The zero-order chi connectivity index (χ0) is 19.8. The van der Waals surface area contributed by atoms with Gasteiger partial charge in [-0.1, -0.05) is 36.4 Å². The molecule has 8 heteroatoms. The molecule has 0 bridgehead atoms. The van der Waals surface area contributed by atoms with Crippen LogP contribution in [0.25, 0.3) is 22.4 Å². The molecule has 0 aliphatic heterocycles. The van der Waals surface area contributed by atoms with E-state index in [9.17, 15) is 4.79 Å². The maximum Gasteiger partial charge on any atom is 0.263 e. The quantitative estimate of drug-likeness (QED) is 0.496. The Morgan fingerprint density at radius 1 is 0.862 bits per heavy atom. The van der Waals surface area contributed by atoms with Gasteiger partial charge in [-0.05, 0) is 31.2 Å². The van der Waals surface area contributed by atoms with Crippen LogP contribution in [-0.4, -0.2) is 29.5 Å². The molecule has 0 atom stereocenters. The Morgan fingerprint density at radius 2 is 1.48 bits per heavy atom. The number of H-pyrrole nitrogens is 1. The van der Waals surface area contributed by atoms with E-state index in [2.05, 4.69) is 25.5 Å². The second-order valence-corrected chi connectivity index (χ2v) is 6.56. The summed E-state index contributed by atoms with van der Waals surface area (Å²) in [7, 11) is 0. The molecule has 3 heterocycles. The fourth-order valence-electron chi connectivity index (χ4n) is 3.23. The Morgan fingerprint density at radius 3 is 2.17 bits per heavy atom. The molecule has 8 nitrogen and oxygen atoms in total. The van der Waals surface area contributed by atoms with Crippen molar-refractivity contribution < 1.29 is 0 Å². The van der Waals surface area contributed by atoms with Crippen molar-refractivity contribution in [3.63, 3.8) is 0 Å². The first-order valence-electron chi connectivity index (χ1n) is 9.11. The van der Waals surface area contributed by atoms with E-state index in [1.54, 1.807) is 10.9 Å². The second kappa shape index (κ2) is 6.75. The second-order valence-electron chi connectivity index (χ2n) is 6.56. The van der Waals surface area contributed by atoms with E-state index < -0.39 is 0 Å². The molecule has 5 rings (SSSR count). The molecule has 0 spiro atoms. The van der Waals surface area contributed by atoms with Gasteiger partial charge in [-0.2, -0.15) is 15.2 Å². The predicted octanol–water partition coefficient (Wildman–Crippen LogP) is 3.35. The number of anilines is 2. The molecular weight excluding hydrogens is 366 g/mol. The summed E-state index contributed by atoms with van der Waals surface area (Å²) in [4.78, 5) is 19.9. The summed E-state index contributed by atoms with van der Waals surface area (Å²) >= 11 is 0. The molecule has 3 aromatic heterocycles. The minimum atomic E-state index is -0.257. The lowest BCUT2D eigenvalue weighted by Gasteiger charge is -2.08. The Bertz CT molecular complexity index is 1350. The summed E-state index contributed by atoms with van der Waals surface area (Å²) in [5.41, 5.74) is 3.66. The van der Waals surface area contributed by atoms with Gasteiger partial charge in [0, 0.05) is 0 Å². The van der Waals surface area contributed by atoms with E-state index in [1.807, 2.05) is 72.3 Å². The number of aromatic nitrogens is 6. The molecule has 0 saturated carbocycles. The van der Waals surface area contributed by atoms with Crippen molar-refractivity contribution in [2.45, 2.75) is 6.92 Å². The first kappa shape index (κ1) is 16.9. The summed E-state index contributed by atoms with van der Waals surface area (Å²) in [5, 5.41) is 12.4. The Kier molecular flexibility index (Phi) is 3.94. The van der Waals surface area contributed by atoms with Crippen LogP contribution in [0.5, 0.6) is 0 Å². The van der Waals surface area contributed by atoms with Gasteiger partial charge < -0.3 is 5.32 Å². The van der Waals surface area contributed by atoms with Gasteiger partial charge in [-0.15, -0.1) is 0 Å². The normalized spacial score (nSPS) is 11.1. The number of nitrogens with zero attached hydrogens (tertiary/aromatic N) is 5. The number of nitrogens with one attached hydrogen (secondary N) is 2. The minimum absolute atomic E-state index is 0.257. The van der Waals surface area contributed by atoms with Crippen molar-refractivity contribution in [3.05, 3.63) is 89.1 Å². The van der Waals surface area contributed by atoms with E-state index in [0.717, 1.165) is 22.8 Å². The SMILES string of the molecule is Cc1c(Nc2nc3c(cnn3-c3ccccc3)c(=O)[nH]2)cnn1-c1ccccc1. The highest BCUT2D eigenvalue weighted by Crippen LogP contribution is 2.21. The molecule has 0 aliphatic rings. The molecule has 0 aliphatic carbocycles. The van der Waals surface area contributed by atoms with Crippen molar-refractivity contribution in [1.82, 2.24) is 29.5 Å². The summed E-state index contributed by atoms with van der Waals surface area (Å²) in [6, 6.07) is 19.4. The third kappa shape index (κ3) is 2.96. The van der Waals surface area contributed by atoms with Crippen LogP contribution in [-0.2, 0) is 0 Å². The van der Waals surface area contributed by atoms with E-state index >= 15 is 0 Å². The maximum absolute atomic E-state index is 12.5. The zero-order valence-corrected chi connectivity index (χ0v) is 15.6. The zero-order valence-electron chi connectivity index (χ0n) is 15.6. The van der Waals surface area contributed by atoms with E-state index in [4.69, 9.17) is 0 Å². The topological polar surface area (TPSA) is 93.4 Å². The number of para-hydroxylation sites is 2. The highest BCUT2D eigenvalue weighted by Gasteiger charge is 2.14. The molecule has 142 valence electrons. The van der Waals surface area contributed by atoms with Crippen LogP contribution in [0.2, 0.25) is 0 Å². The number of aromatic amines is 1. The Labute approximate surface area is 165 Å². The third-order valence-electron chi connectivity index (χ3n) is 4.70. The fourth-order valence-corrected chi connectivity index (χ4v) is 3.23. The van der Waals surface area contributed by atoms with Crippen LogP contribution in [0.4, 0.5) is 11.6 Å². The van der Waals surface area contributed by atoms with Crippen LogP contribution in [0.1, 0.15) is 5.69 Å². The first-order valence-corrected chi connectivity index (χ1v) is 9.11. The smallest absolute Gasteiger partial charge is 0.263 e. The lowest BCUT2D eigenvalue weighted by atomic mass is 10.3. The Balaban J connectivity index is 1.55. The summed E-state index contributed by atoms with van der Waals surface area (Å²) in [6.07, 6.45) is 3.23. The number of rotatable bonds is 4. The first-order chi connectivity index (χ1) is 14.2. The van der Waals surface area contributed by atoms with Gasteiger partial charge in [-0.25, -0.2) is 9.36 Å². The van der Waals surface area contributed by atoms with E-state index in [1.165, 1.54) is 6.20 Å². The molecule has 0 saturated heterocycles. The fraction of sp³-hybridized carbons (Fsp3) is 0.0476. The molecule has 0 amide bonds. The molecule has 2 aromatic carbocycles. The van der Waals surface area contributed by atoms with Crippen molar-refractivity contribution in [2.24, 2.45) is 0 Å². The molecule has 0 fully saturated rings. The predicted molar refractivity (Wildman–Crippen MR) is 111 cm³/mol. The minimum Gasteiger partial charge on any atom is -0.323 e. The molecule has 0 unspecified atom stereocenters. The standard InChI is InChI=1S/C21H17N7O/c1-14-18(13-23-27(14)15-8-4-2-5-9-15)24-21-25-19-17(20(29)26-21)12-22-28(19)16-10-6-3-7-11-16/h2-13H,1H3,(H2,24,25,26,29).